The molecular weight excluding hydrogens is 330 g/mol. The van der Waals surface area contributed by atoms with Crippen molar-refractivity contribution >= 4 is 29.9 Å². The van der Waals surface area contributed by atoms with E-state index in [1.54, 1.807) is 0 Å². The maximum Gasteiger partial charge on any atom is 0.227 e. The van der Waals surface area contributed by atoms with Crippen LogP contribution in [0.4, 0.5) is 4.39 Å². The number of hydrogen-bond acceptors (Lipinski definition) is 3. The number of amides is 1. The highest BCUT2D eigenvalue weighted by Crippen LogP contribution is 2.27. The summed E-state index contributed by atoms with van der Waals surface area (Å²) < 4.78 is 13.7. The Balaban J connectivity index is 0.00000441. The summed E-state index contributed by atoms with van der Waals surface area (Å²) in [4.78, 5) is 12.2. The van der Waals surface area contributed by atoms with E-state index >= 15 is 0 Å². The molecule has 0 saturated carbocycles. The Morgan fingerprint density at radius 1 is 1.45 bits per heavy atom. The lowest BCUT2D eigenvalue weighted by Crippen LogP contribution is -2.46. The van der Waals surface area contributed by atoms with Gasteiger partial charge in [-0.15, -0.1) is 12.4 Å². The maximum atomic E-state index is 13.7. The van der Waals surface area contributed by atoms with Gasteiger partial charge >= 0.3 is 0 Å². The van der Waals surface area contributed by atoms with E-state index in [1.807, 2.05) is 13.8 Å². The SMILES string of the molecule is CCC(CC)(CN)C(=O)NCC(O)c1c(F)cccc1Cl.Cl. The Hall–Kier alpha value is -0.880. The van der Waals surface area contributed by atoms with Gasteiger partial charge in [-0.1, -0.05) is 31.5 Å². The molecule has 4 N–H and O–H groups in total. The number of nitrogens with two attached hydrogens (primary N) is 1. The molecule has 0 aliphatic rings. The van der Waals surface area contributed by atoms with Gasteiger partial charge in [0.2, 0.25) is 5.91 Å². The van der Waals surface area contributed by atoms with E-state index in [4.69, 9.17) is 17.3 Å². The zero-order chi connectivity index (χ0) is 16.0. The summed E-state index contributed by atoms with van der Waals surface area (Å²) in [6.45, 7) is 3.89. The van der Waals surface area contributed by atoms with Crippen molar-refractivity contribution in [3.8, 4) is 0 Å². The van der Waals surface area contributed by atoms with Crippen molar-refractivity contribution in [1.29, 1.82) is 0 Å². The maximum absolute atomic E-state index is 13.7. The van der Waals surface area contributed by atoms with Crippen molar-refractivity contribution in [2.24, 2.45) is 11.1 Å². The number of hydrogen-bond donors (Lipinski definition) is 3. The van der Waals surface area contributed by atoms with E-state index in [2.05, 4.69) is 5.32 Å². The minimum absolute atomic E-state index is 0. The molecule has 22 heavy (non-hydrogen) atoms. The van der Waals surface area contributed by atoms with Crippen LogP contribution in [0.2, 0.25) is 5.02 Å². The summed E-state index contributed by atoms with van der Waals surface area (Å²) in [5, 5.41) is 12.8. The predicted molar refractivity (Wildman–Crippen MR) is 88.7 cm³/mol. The van der Waals surface area contributed by atoms with Crippen LogP contribution in [0.15, 0.2) is 18.2 Å². The zero-order valence-corrected chi connectivity index (χ0v) is 14.3. The van der Waals surface area contributed by atoms with Crippen molar-refractivity contribution in [2.75, 3.05) is 13.1 Å². The van der Waals surface area contributed by atoms with Crippen LogP contribution in [-0.4, -0.2) is 24.1 Å². The Morgan fingerprint density at radius 2 is 2.05 bits per heavy atom. The summed E-state index contributed by atoms with van der Waals surface area (Å²) in [6, 6.07) is 4.17. The van der Waals surface area contributed by atoms with Gasteiger partial charge in [0.05, 0.1) is 5.41 Å². The van der Waals surface area contributed by atoms with Crippen molar-refractivity contribution in [3.05, 3.63) is 34.6 Å². The molecule has 4 nitrogen and oxygen atoms in total. The Labute approximate surface area is 141 Å². The molecule has 1 aromatic carbocycles. The summed E-state index contributed by atoms with van der Waals surface area (Å²) >= 11 is 5.88. The first-order chi connectivity index (χ1) is 9.91. The van der Waals surface area contributed by atoms with E-state index in [-0.39, 0.29) is 42.0 Å². The van der Waals surface area contributed by atoms with Crippen molar-refractivity contribution in [3.63, 3.8) is 0 Å². The number of rotatable bonds is 7. The predicted octanol–water partition coefficient (Wildman–Crippen LogP) is 2.82. The molecule has 0 saturated heterocycles. The number of benzene rings is 1. The van der Waals surface area contributed by atoms with E-state index in [0.717, 1.165) is 0 Å². The number of aliphatic hydroxyl groups excluding tert-OH is 1. The molecule has 1 atom stereocenters. The molecule has 0 heterocycles. The molecule has 0 fully saturated rings. The van der Waals surface area contributed by atoms with Gasteiger partial charge in [0, 0.05) is 23.7 Å². The van der Waals surface area contributed by atoms with E-state index < -0.39 is 17.3 Å². The van der Waals surface area contributed by atoms with Crippen LogP contribution in [0.5, 0.6) is 0 Å². The smallest absolute Gasteiger partial charge is 0.227 e. The average molecular weight is 353 g/mol. The molecule has 1 unspecified atom stereocenters. The third kappa shape index (κ3) is 4.56. The monoisotopic (exact) mass is 352 g/mol. The normalized spacial score (nSPS) is 12.5. The van der Waals surface area contributed by atoms with E-state index in [9.17, 15) is 14.3 Å². The van der Waals surface area contributed by atoms with Gasteiger partial charge in [0.25, 0.3) is 0 Å². The highest BCUT2D eigenvalue weighted by atomic mass is 35.5. The number of nitrogens with one attached hydrogen (secondary N) is 1. The van der Waals surface area contributed by atoms with Crippen LogP contribution in [0.1, 0.15) is 38.4 Å². The van der Waals surface area contributed by atoms with Crippen molar-refractivity contribution in [2.45, 2.75) is 32.8 Å². The fourth-order valence-electron chi connectivity index (χ4n) is 2.26. The summed E-state index contributed by atoms with van der Waals surface area (Å²) in [6.07, 6.45) is -0.00283. The highest BCUT2D eigenvalue weighted by molar-refractivity contribution is 6.31. The Kier molecular flexibility index (Phi) is 8.93. The second kappa shape index (κ2) is 9.30. The van der Waals surface area contributed by atoms with Gasteiger partial charge in [0.1, 0.15) is 11.9 Å². The lowest BCUT2D eigenvalue weighted by Gasteiger charge is -2.29. The van der Waals surface area contributed by atoms with Gasteiger partial charge in [-0.3, -0.25) is 4.79 Å². The minimum Gasteiger partial charge on any atom is -0.386 e. The van der Waals surface area contributed by atoms with Crippen LogP contribution in [0.3, 0.4) is 0 Å². The van der Waals surface area contributed by atoms with Crippen LogP contribution in [-0.2, 0) is 4.79 Å². The van der Waals surface area contributed by atoms with Crippen molar-refractivity contribution in [1.82, 2.24) is 5.32 Å². The molecule has 1 rings (SSSR count). The van der Waals surface area contributed by atoms with E-state index in [0.29, 0.717) is 12.8 Å². The molecule has 0 aromatic heterocycles. The third-order valence-electron chi connectivity index (χ3n) is 4.01. The van der Waals surface area contributed by atoms with Crippen LogP contribution < -0.4 is 11.1 Å². The van der Waals surface area contributed by atoms with E-state index in [1.165, 1.54) is 18.2 Å². The largest absolute Gasteiger partial charge is 0.386 e. The first-order valence-electron chi connectivity index (χ1n) is 7.02. The van der Waals surface area contributed by atoms with Crippen LogP contribution in [0.25, 0.3) is 0 Å². The number of carbonyl (C=O) groups is 1. The molecule has 7 heteroatoms. The van der Waals surface area contributed by atoms with Crippen molar-refractivity contribution < 1.29 is 14.3 Å². The van der Waals surface area contributed by atoms with Gasteiger partial charge in [-0.2, -0.15) is 0 Å². The quantitative estimate of drug-likeness (QED) is 0.706. The summed E-state index contributed by atoms with van der Waals surface area (Å²) in [5.41, 5.74) is 5.03. The fourth-order valence-corrected chi connectivity index (χ4v) is 2.55. The number of halogens is 3. The Morgan fingerprint density at radius 3 is 2.50 bits per heavy atom. The van der Waals surface area contributed by atoms with Gasteiger partial charge < -0.3 is 16.2 Å². The Bertz CT molecular complexity index is 468. The standard InChI is InChI=1S/C15H22ClFN2O2.ClH/c1-3-15(4-2,9-18)14(21)19-8-12(20)13-10(16)6-5-7-11(13)17;/h5-7,12,20H,3-4,8-9,18H2,1-2H3,(H,19,21);1H. The van der Waals surface area contributed by atoms with Gasteiger partial charge in [0.15, 0.2) is 0 Å². The topological polar surface area (TPSA) is 75.4 Å². The van der Waals surface area contributed by atoms with Gasteiger partial charge in [-0.25, -0.2) is 4.39 Å². The summed E-state index contributed by atoms with van der Waals surface area (Å²) in [7, 11) is 0. The first kappa shape index (κ1) is 21.1. The van der Waals surface area contributed by atoms with Crippen LogP contribution >= 0.6 is 24.0 Å². The second-order valence-electron chi connectivity index (χ2n) is 5.05. The molecule has 1 aromatic rings. The second-order valence-corrected chi connectivity index (χ2v) is 5.46. The van der Waals surface area contributed by atoms with Crippen LogP contribution in [0, 0.1) is 11.2 Å². The molecule has 0 aliphatic carbocycles. The molecular formula is C15H23Cl2FN2O2. The van der Waals surface area contributed by atoms with Gasteiger partial charge in [-0.05, 0) is 25.0 Å². The minimum atomic E-state index is -1.20. The molecule has 1 amide bonds. The number of carbonyl (C=O) groups excluding carboxylic acids is 1. The molecule has 126 valence electrons. The fraction of sp³-hybridized carbons (Fsp3) is 0.533. The number of aliphatic hydroxyl groups is 1. The first-order valence-corrected chi connectivity index (χ1v) is 7.40. The highest BCUT2D eigenvalue weighted by Gasteiger charge is 2.33. The lowest BCUT2D eigenvalue weighted by atomic mass is 9.81. The molecule has 0 radical (unpaired) electrons. The molecule has 0 aliphatic heterocycles. The average Bonchev–Trinajstić information content (AvgIpc) is 2.47. The molecule has 0 spiro atoms. The molecule has 0 bridgehead atoms. The summed E-state index contributed by atoms with van der Waals surface area (Å²) in [5.74, 6) is -0.832. The zero-order valence-electron chi connectivity index (χ0n) is 12.7. The lowest BCUT2D eigenvalue weighted by molar-refractivity contribution is -0.131. The third-order valence-corrected chi connectivity index (χ3v) is 4.34.